The summed E-state index contributed by atoms with van der Waals surface area (Å²) in [5, 5.41) is 7.48. The molecule has 1 fully saturated rings. The Hall–Kier alpha value is -3.03. The Morgan fingerprint density at radius 3 is 2.90 bits per heavy atom. The van der Waals surface area contributed by atoms with Crippen molar-refractivity contribution in [2.75, 3.05) is 44.7 Å². The highest BCUT2D eigenvalue weighted by Gasteiger charge is 2.27. The first-order valence-corrected chi connectivity index (χ1v) is 10.1. The van der Waals surface area contributed by atoms with Gasteiger partial charge in [-0.25, -0.2) is 0 Å². The number of ether oxygens (including phenoxy) is 1. The number of anilines is 1. The first-order valence-electron chi connectivity index (χ1n) is 10.1. The van der Waals surface area contributed by atoms with Crippen LogP contribution in [0.2, 0.25) is 0 Å². The summed E-state index contributed by atoms with van der Waals surface area (Å²) in [6, 6.07) is 8.13. The number of benzene rings is 1. The van der Waals surface area contributed by atoms with Gasteiger partial charge in [0.05, 0.1) is 19.0 Å². The van der Waals surface area contributed by atoms with Crippen LogP contribution >= 0.6 is 0 Å². The lowest BCUT2D eigenvalue weighted by Crippen LogP contribution is -2.55. The largest absolute Gasteiger partial charge is 0.497 e. The van der Waals surface area contributed by atoms with Crippen LogP contribution in [-0.2, 0) is 18.3 Å². The van der Waals surface area contributed by atoms with Gasteiger partial charge >= 0.3 is 0 Å². The molecule has 3 rings (SSSR count). The number of nitrogens with zero attached hydrogens (tertiary/aromatic N) is 5. The van der Waals surface area contributed by atoms with Crippen LogP contribution in [0.5, 0.6) is 5.75 Å². The van der Waals surface area contributed by atoms with Crippen LogP contribution in [-0.4, -0.2) is 66.4 Å². The molecule has 8 nitrogen and oxygen atoms in total. The first kappa shape index (κ1) is 20.7. The van der Waals surface area contributed by atoms with Gasteiger partial charge in [0.2, 0.25) is 5.91 Å². The van der Waals surface area contributed by atoms with Crippen molar-refractivity contribution in [2.24, 2.45) is 12.0 Å². The van der Waals surface area contributed by atoms with Crippen LogP contribution in [0.25, 0.3) is 0 Å². The molecule has 0 atom stereocenters. The van der Waals surface area contributed by atoms with Crippen LogP contribution in [0.15, 0.2) is 41.7 Å². The van der Waals surface area contributed by atoms with Gasteiger partial charge in [-0.05, 0) is 37.5 Å². The third kappa shape index (κ3) is 5.49. The number of amides is 1. The molecule has 0 unspecified atom stereocenters. The average Bonchev–Trinajstić information content (AvgIpc) is 3.16. The lowest BCUT2D eigenvalue weighted by Gasteiger charge is -2.35. The zero-order chi connectivity index (χ0) is 20.6. The summed E-state index contributed by atoms with van der Waals surface area (Å²) >= 11 is 0. The summed E-state index contributed by atoms with van der Waals surface area (Å²) in [4.78, 5) is 21.2. The van der Waals surface area contributed by atoms with E-state index in [1.165, 1.54) is 5.56 Å². The molecule has 156 valence electrons. The maximum Gasteiger partial charge on any atom is 0.246 e. The Morgan fingerprint density at radius 1 is 1.34 bits per heavy atom. The van der Waals surface area contributed by atoms with E-state index in [9.17, 15) is 4.79 Å². The molecule has 1 aromatic carbocycles. The minimum absolute atomic E-state index is 0.0613. The second-order valence-electron chi connectivity index (χ2n) is 7.03. The Balaban J connectivity index is 1.55. The van der Waals surface area contributed by atoms with Crippen LogP contribution in [0.3, 0.4) is 0 Å². The number of carbonyl (C=O) groups excluding carboxylic acids is 1. The van der Waals surface area contributed by atoms with Crippen molar-refractivity contribution in [3.8, 4) is 5.75 Å². The molecule has 0 radical (unpaired) electrons. The van der Waals surface area contributed by atoms with Gasteiger partial charge in [0.1, 0.15) is 12.3 Å². The van der Waals surface area contributed by atoms with E-state index >= 15 is 0 Å². The van der Waals surface area contributed by atoms with Crippen molar-refractivity contribution < 1.29 is 9.53 Å². The van der Waals surface area contributed by atoms with Gasteiger partial charge in [0, 0.05) is 39.4 Å². The molecule has 0 spiro atoms. The van der Waals surface area contributed by atoms with Crippen molar-refractivity contribution in [1.29, 1.82) is 0 Å². The number of hydrogen-bond donors (Lipinski definition) is 1. The van der Waals surface area contributed by atoms with E-state index in [0.29, 0.717) is 19.6 Å². The number of guanidine groups is 1. The zero-order valence-electron chi connectivity index (χ0n) is 17.5. The monoisotopic (exact) mass is 398 g/mol. The number of rotatable bonds is 7. The zero-order valence-corrected chi connectivity index (χ0v) is 17.5. The highest BCUT2D eigenvalue weighted by atomic mass is 16.5. The van der Waals surface area contributed by atoms with Crippen LogP contribution < -0.4 is 15.0 Å². The number of aryl methyl sites for hydroxylation is 2. The van der Waals surface area contributed by atoms with Crippen molar-refractivity contribution in [3.05, 3.63) is 42.2 Å². The second kappa shape index (κ2) is 9.95. The summed E-state index contributed by atoms with van der Waals surface area (Å²) in [5.74, 6) is 1.74. The minimum atomic E-state index is 0.0613. The van der Waals surface area contributed by atoms with E-state index in [0.717, 1.165) is 43.3 Å². The summed E-state index contributed by atoms with van der Waals surface area (Å²) in [6.45, 7) is 5.19. The van der Waals surface area contributed by atoms with Gasteiger partial charge in [-0.15, -0.1) is 0 Å². The topological polar surface area (TPSA) is 75.0 Å². The molecule has 0 saturated carbocycles. The van der Waals surface area contributed by atoms with Gasteiger partial charge < -0.3 is 19.9 Å². The van der Waals surface area contributed by atoms with Gasteiger partial charge in [-0.1, -0.05) is 12.1 Å². The molecule has 0 bridgehead atoms. The summed E-state index contributed by atoms with van der Waals surface area (Å²) < 4.78 is 6.99. The fourth-order valence-electron chi connectivity index (χ4n) is 3.40. The van der Waals surface area contributed by atoms with Crippen LogP contribution in [0.1, 0.15) is 18.9 Å². The number of nitrogens with one attached hydrogen (secondary N) is 1. The summed E-state index contributed by atoms with van der Waals surface area (Å²) in [6.07, 6.45) is 5.47. The highest BCUT2D eigenvalue weighted by molar-refractivity contribution is 5.98. The Bertz CT molecular complexity index is 847. The number of aliphatic imine (C=N–C) groups is 1. The lowest BCUT2D eigenvalue weighted by molar-refractivity contribution is -0.120. The van der Waals surface area contributed by atoms with E-state index in [4.69, 9.17) is 9.73 Å². The highest BCUT2D eigenvalue weighted by Crippen LogP contribution is 2.16. The standard InChI is InChI=1S/C21H30N6O2/c1-4-22-21(23-10-6-8-17-7-5-9-19(13-17)29-3)26-11-12-27(20(28)16-26)18-14-24-25(2)15-18/h5,7,9,13-15H,4,6,8,10-12,16H2,1-3H3,(H,22,23). The molecular formula is C21H30N6O2. The molecular weight excluding hydrogens is 368 g/mol. The maximum atomic E-state index is 12.7. The first-order chi connectivity index (χ1) is 14.1. The molecule has 8 heteroatoms. The van der Waals surface area contributed by atoms with E-state index in [-0.39, 0.29) is 5.91 Å². The normalized spacial score (nSPS) is 15.0. The second-order valence-corrected chi connectivity index (χ2v) is 7.03. The smallest absolute Gasteiger partial charge is 0.246 e. The molecule has 1 aromatic heterocycles. The number of piperazine rings is 1. The van der Waals surface area contributed by atoms with E-state index in [2.05, 4.69) is 22.5 Å². The van der Waals surface area contributed by atoms with Gasteiger partial charge in [0.15, 0.2) is 5.96 Å². The summed E-state index contributed by atoms with van der Waals surface area (Å²) in [7, 11) is 3.53. The molecule has 1 aliphatic rings. The fraction of sp³-hybridized carbons (Fsp3) is 0.476. The number of aromatic nitrogens is 2. The molecule has 0 aliphatic carbocycles. The Morgan fingerprint density at radius 2 is 2.21 bits per heavy atom. The van der Waals surface area contributed by atoms with E-state index in [1.54, 1.807) is 22.9 Å². The van der Waals surface area contributed by atoms with E-state index in [1.807, 2.05) is 37.2 Å². The Labute approximate surface area is 172 Å². The summed E-state index contributed by atoms with van der Waals surface area (Å²) in [5.41, 5.74) is 2.09. The number of methoxy groups -OCH3 is 1. The van der Waals surface area contributed by atoms with E-state index < -0.39 is 0 Å². The SMILES string of the molecule is CCNC(=NCCCc1cccc(OC)c1)N1CCN(c2cnn(C)c2)C(=O)C1. The molecule has 1 aliphatic heterocycles. The third-order valence-corrected chi connectivity index (χ3v) is 4.88. The van der Waals surface area contributed by atoms with Crippen LogP contribution in [0, 0.1) is 0 Å². The quantitative estimate of drug-likeness (QED) is 0.436. The fourth-order valence-corrected chi connectivity index (χ4v) is 3.40. The molecule has 2 heterocycles. The predicted octanol–water partition coefficient (Wildman–Crippen LogP) is 1.68. The third-order valence-electron chi connectivity index (χ3n) is 4.88. The van der Waals surface area contributed by atoms with Gasteiger partial charge in [0.25, 0.3) is 0 Å². The number of carbonyl (C=O) groups is 1. The minimum Gasteiger partial charge on any atom is -0.497 e. The molecule has 29 heavy (non-hydrogen) atoms. The lowest BCUT2D eigenvalue weighted by atomic mass is 10.1. The number of hydrogen-bond acceptors (Lipinski definition) is 4. The average molecular weight is 399 g/mol. The van der Waals surface area contributed by atoms with Crippen molar-refractivity contribution in [3.63, 3.8) is 0 Å². The van der Waals surface area contributed by atoms with Gasteiger partial charge in [-0.3, -0.25) is 14.5 Å². The van der Waals surface area contributed by atoms with Crippen molar-refractivity contribution in [1.82, 2.24) is 20.0 Å². The Kier molecular flexibility index (Phi) is 7.10. The predicted molar refractivity (Wildman–Crippen MR) is 114 cm³/mol. The molecule has 1 amide bonds. The molecule has 2 aromatic rings. The van der Waals surface area contributed by atoms with Gasteiger partial charge in [-0.2, -0.15) is 5.10 Å². The van der Waals surface area contributed by atoms with Crippen LogP contribution in [0.4, 0.5) is 5.69 Å². The maximum absolute atomic E-state index is 12.7. The van der Waals surface area contributed by atoms with Crippen molar-refractivity contribution >= 4 is 17.6 Å². The van der Waals surface area contributed by atoms with Crippen molar-refractivity contribution in [2.45, 2.75) is 19.8 Å². The molecule has 1 N–H and O–H groups in total. The molecule has 1 saturated heterocycles.